The number of benzene rings is 2. The van der Waals surface area contributed by atoms with Crippen LogP contribution in [0.1, 0.15) is 48.3 Å². The highest BCUT2D eigenvalue weighted by molar-refractivity contribution is 6.01. The summed E-state index contributed by atoms with van der Waals surface area (Å²) in [4.78, 5) is 34.2. The summed E-state index contributed by atoms with van der Waals surface area (Å²) < 4.78 is 24.9. The quantitative estimate of drug-likeness (QED) is 0.256. The number of hydrogen-bond donors (Lipinski definition) is 1. The van der Waals surface area contributed by atoms with E-state index in [0.717, 1.165) is 11.7 Å². The van der Waals surface area contributed by atoms with Gasteiger partial charge in [0.1, 0.15) is 47.0 Å². The highest BCUT2D eigenvalue weighted by Gasteiger charge is 2.40. The number of aliphatic hydroxyl groups is 1. The number of ketones is 1. The van der Waals surface area contributed by atoms with Crippen molar-refractivity contribution in [1.82, 2.24) is 9.97 Å². The average molecular weight is 515 g/mol. The predicted octanol–water partition coefficient (Wildman–Crippen LogP) is 5.16. The number of ether oxygens (including phenoxy) is 2. The van der Waals surface area contributed by atoms with Crippen LogP contribution in [0.2, 0.25) is 0 Å². The number of fused-ring (bicyclic) bond motifs is 2. The van der Waals surface area contributed by atoms with Crippen molar-refractivity contribution in [3.8, 4) is 22.8 Å². The molecule has 0 fully saturated rings. The molecule has 1 unspecified atom stereocenters. The summed E-state index contributed by atoms with van der Waals surface area (Å²) in [5, 5.41) is 12.3. The molecule has 2 atom stereocenters. The van der Waals surface area contributed by atoms with Crippen LogP contribution in [0.3, 0.4) is 0 Å². The van der Waals surface area contributed by atoms with Gasteiger partial charge in [0.05, 0.1) is 18.2 Å². The number of hydrogen-bond acceptors (Lipinski definition) is 7. The summed E-state index contributed by atoms with van der Waals surface area (Å²) in [5.41, 5.74) is 0.559. The fourth-order valence-corrected chi connectivity index (χ4v) is 4.69. The topological polar surface area (TPSA) is 98.6 Å². The molecule has 1 aliphatic rings. The van der Waals surface area contributed by atoms with Crippen LogP contribution < -0.4 is 9.47 Å². The van der Waals surface area contributed by atoms with Crippen LogP contribution in [0.25, 0.3) is 22.2 Å². The van der Waals surface area contributed by atoms with Gasteiger partial charge in [-0.2, -0.15) is 0 Å². The first-order chi connectivity index (χ1) is 18.1. The van der Waals surface area contributed by atoms with E-state index in [1.54, 1.807) is 56.4 Å². The maximum absolute atomic E-state index is 13.6. The van der Waals surface area contributed by atoms with Crippen molar-refractivity contribution in [3.05, 3.63) is 83.4 Å². The molecule has 0 bridgehead atoms. The molecule has 8 heteroatoms. The molecular weight excluding hydrogens is 487 g/mol. The fourth-order valence-electron chi connectivity index (χ4n) is 4.69. The van der Waals surface area contributed by atoms with Gasteiger partial charge in [-0.25, -0.2) is 9.37 Å². The van der Waals surface area contributed by atoms with Crippen molar-refractivity contribution in [2.45, 2.75) is 37.7 Å². The van der Waals surface area contributed by atoms with E-state index in [2.05, 4.69) is 9.97 Å². The lowest BCUT2D eigenvalue weighted by atomic mass is 9.83. The van der Waals surface area contributed by atoms with Crippen LogP contribution >= 0.6 is 0 Å². The number of halogens is 1. The van der Waals surface area contributed by atoms with Crippen LogP contribution in [0.5, 0.6) is 11.5 Å². The summed E-state index contributed by atoms with van der Waals surface area (Å²) in [7, 11) is 1.53. The highest BCUT2D eigenvalue weighted by Crippen LogP contribution is 2.45. The van der Waals surface area contributed by atoms with Crippen molar-refractivity contribution in [2.75, 3.05) is 13.7 Å². The van der Waals surface area contributed by atoms with E-state index in [1.807, 2.05) is 6.07 Å². The third-order valence-corrected chi connectivity index (χ3v) is 7.08. The molecule has 5 rings (SSSR count). The third-order valence-electron chi connectivity index (χ3n) is 7.08. The summed E-state index contributed by atoms with van der Waals surface area (Å²) in [6.07, 6.45) is 2.59. The Kier molecular flexibility index (Phi) is 6.44. The van der Waals surface area contributed by atoms with Crippen LogP contribution in [0, 0.1) is 5.82 Å². The van der Waals surface area contributed by atoms with Gasteiger partial charge >= 0.3 is 0 Å². The lowest BCUT2D eigenvalue weighted by molar-refractivity contribution is -0.112. The predicted molar refractivity (Wildman–Crippen MR) is 140 cm³/mol. The number of aldehydes is 1. The molecule has 0 radical (unpaired) electrons. The number of carbonyl (C=O) groups is 2. The molecule has 2 aromatic heterocycles. The van der Waals surface area contributed by atoms with Gasteiger partial charge in [0.25, 0.3) is 0 Å². The second-order valence-electron chi connectivity index (χ2n) is 10.0. The number of carbonyl (C=O) groups excluding carboxylic acids is 2. The lowest BCUT2D eigenvalue weighted by Crippen LogP contribution is -2.28. The molecule has 38 heavy (non-hydrogen) atoms. The van der Waals surface area contributed by atoms with Gasteiger partial charge in [0.2, 0.25) is 0 Å². The molecule has 1 aliphatic heterocycles. The summed E-state index contributed by atoms with van der Waals surface area (Å²) in [6, 6.07) is 14.5. The number of Topliss-reactive ketones (excluding diaryl/α,β-unsaturated/α-hetero) is 1. The molecular formula is C30H27FN2O5. The van der Waals surface area contributed by atoms with Crippen molar-refractivity contribution in [2.24, 2.45) is 0 Å². The summed E-state index contributed by atoms with van der Waals surface area (Å²) >= 11 is 0. The van der Waals surface area contributed by atoms with E-state index in [1.165, 1.54) is 19.2 Å². The molecule has 194 valence electrons. The molecule has 0 aliphatic carbocycles. The van der Waals surface area contributed by atoms with Gasteiger partial charge < -0.3 is 19.4 Å². The Morgan fingerprint density at radius 1 is 1.24 bits per heavy atom. The SMILES string of the molecule is COc1cc(C(=O)CCC(C)(O)c2cc3c(c(-c4ccc(F)cc4)n2)OC[C@]3(C)C=O)cc2cccnc12. The van der Waals surface area contributed by atoms with Crippen LogP contribution in [0.4, 0.5) is 4.39 Å². The van der Waals surface area contributed by atoms with E-state index in [0.29, 0.717) is 45.1 Å². The third kappa shape index (κ3) is 4.52. The number of rotatable bonds is 8. The fraction of sp³-hybridized carbons (Fsp3) is 0.267. The molecule has 4 aromatic rings. The Morgan fingerprint density at radius 3 is 2.71 bits per heavy atom. The number of pyridine rings is 2. The van der Waals surface area contributed by atoms with Gasteiger partial charge in [0.15, 0.2) is 5.78 Å². The Labute approximate surface area is 219 Å². The van der Waals surface area contributed by atoms with Crippen LogP contribution in [0.15, 0.2) is 60.8 Å². The molecule has 0 saturated carbocycles. The molecule has 7 nitrogen and oxygen atoms in total. The van der Waals surface area contributed by atoms with Gasteiger partial charge in [-0.05, 0) is 68.8 Å². The first-order valence-corrected chi connectivity index (χ1v) is 12.2. The number of aromatic nitrogens is 2. The number of nitrogens with zero attached hydrogens (tertiary/aromatic N) is 2. The Balaban J connectivity index is 1.48. The zero-order valence-corrected chi connectivity index (χ0v) is 21.3. The van der Waals surface area contributed by atoms with E-state index in [4.69, 9.17) is 9.47 Å². The largest absolute Gasteiger partial charge is 0.494 e. The maximum Gasteiger partial charge on any atom is 0.163 e. The van der Waals surface area contributed by atoms with Crippen molar-refractivity contribution in [1.29, 1.82) is 0 Å². The van der Waals surface area contributed by atoms with Gasteiger partial charge in [-0.1, -0.05) is 6.07 Å². The smallest absolute Gasteiger partial charge is 0.163 e. The number of methoxy groups -OCH3 is 1. The maximum atomic E-state index is 13.6. The minimum atomic E-state index is -1.51. The Hall–Kier alpha value is -4.17. The normalized spacial score (nSPS) is 17.9. The highest BCUT2D eigenvalue weighted by atomic mass is 19.1. The van der Waals surface area contributed by atoms with E-state index in [9.17, 15) is 19.1 Å². The van der Waals surface area contributed by atoms with E-state index in [-0.39, 0.29) is 25.2 Å². The standard InChI is InChI=1S/C30H27FN2O5/c1-29(16-34)17-38-28-22(29)15-25(33-27(28)18-6-8-21(31)9-7-18)30(2,36)11-10-23(35)20-13-19-5-4-12-32-26(19)24(14-20)37-3/h4-9,12-16,36H,10-11,17H2,1-3H3/t29-,30?/m0/s1. The average Bonchev–Trinajstić information content (AvgIpc) is 3.28. The molecule has 0 saturated heterocycles. The van der Waals surface area contributed by atoms with Crippen molar-refractivity contribution in [3.63, 3.8) is 0 Å². The second kappa shape index (κ2) is 9.61. The molecule has 0 spiro atoms. The zero-order valence-electron chi connectivity index (χ0n) is 21.3. The van der Waals surface area contributed by atoms with Gasteiger partial charge in [-0.3, -0.25) is 9.78 Å². The van der Waals surface area contributed by atoms with Gasteiger partial charge in [0, 0.05) is 34.7 Å². The monoisotopic (exact) mass is 514 g/mol. The zero-order chi connectivity index (χ0) is 27.1. The molecule has 1 N–H and O–H groups in total. The molecule has 0 amide bonds. The molecule has 3 heterocycles. The van der Waals surface area contributed by atoms with E-state index >= 15 is 0 Å². The van der Waals surface area contributed by atoms with Crippen LogP contribution in [-0.4, -0.2) is 40.9 Å². The molecule has 2 aromatic carbocycles. The van der Waals surface area contributed by atoms with Gasteiger partial charge in [-0.15, -0.1) is 0 Å². The minimum absolute atomic E-state index is 0.0357. The first kappa shape index (κ1) is 25.5. The van der Waals surface area contributed by atoms with Crippen LogP contribution in [-0.2, 0) is 15.8 Å². The lowest BCUT2D eigenvalue weighted by Gasteiger charge is -2.25. The summed E-state index contributed by atoms with van der Waals surface area (Å²) in [6.45, 7) is 3.47. The first-order valence-electron chi connectivity index (χ1n) is 12.2. The minimum Gasteiger partial charge on any atom is -0.494 e. The Bertz CT molecular complexity index is 1550. The van der Waals surface area contributed by atoms with E-state index < -0.39 is 16.8 Å². The second-order valence-corrected chi connectivity index (χ2v) is 10.0. The van der Waals surface area contributed by atoms with Crippen molar-refractivity contribution < 1.29 is 28.6 Å². The van der Waals surface area contributed by atoms with Crippen molar-refractivity contribution >= 4 is 23.0 Å². The Morgan fingerprint density at radius 2 is 2.00 bits per heavy atom. The summed E-state index contributed by atoms with van der Waals surface area (Å²) in [5.74, 6) is 0.358.